The van der Waals surface area contributed by atoms with Gasteiger partial charge in [0.1, 0.15) is 5.82 Å². The summed E-state index contributed by atoms with van der Waals surface area (Å²) >= 11 is 0. The molecule has 1 fully saturated rings. The average Bonchev–Trinajstić information content (AvgIpc) is 2.92. The molecule has 2 rings (SSSR count). The molecule has 2 unspecified atom stereocenters. The van der Waals surface area contributed by atoms with Crippen LogP contribution in [0.4, 0.5) is 5.82 Å². The van der Waals surface area contributed by atoms with Gasteiger partial charge in [0.2, 0.25) is 0 Å². The Morgan fingerprint density at radius 1 is 1.59 bits per heavy atom. The highest BCUT2D eigenvalue weighted by Crippen LogP contribution is 2.53. The number of guanidine groups is 1. The van der Waals surface area contributed by atoms with Gasteiger partial charge < -0.3 is 11.1 Å². The van der Waals surface area contributed by atoms with Crippen molar-refractivity contribution in [2.24, 2.45) is 22.1 Å². The van der Waals surface area contributed by atoms with Crippen molar-refractivity contribution in [3.05, 3.63) is 24.4 Å². The van der Waals surface area contributed by atoms with Crippen molar-refractivity contribution in [2.45, 2.75) is 33.2 Å². The number of hydrogen-bond acceptors (Lipinski definition) is 2. The van der Waals surface area contributed by atoms with E-state index >= 15 is 0 Å². The SMILES string of the molecule is CC(C)C1(C)CC1N=C(N)Nc1ccccn1. The molecule has 1 aromatic rings. The van der Waals surface area contributed by atoms with Crippen LogP contribution in [0.25, 0.3) is 0 Å². The second-order valence-electron chi connectivity index (χ2n) is 5.23. The quantitative estimate of drug-likeness (QED) is 0.620. The molecule has 1 aromatic heterocycles. The van der Waals surface area contributed by atoms with Crippen molar-refractivity contribution in [2.75, 3.05) is 5.32 Å². The molecule has 1 aliphatic rings. The predicted molar refractivity (Wildman–Crippen MR) is 70.8 cm³/mol. The molecule has 0 amide bonds. The molecule has 1 saturated carbocycles. The molecule has 4 heteroatoms. The van der Waals surface area contributed by atoms with Gasteiger partial charge in [-0.15, -0.1) is 0 Å². The molecule has 0 aromatic carbocycles. The smallest absolute Gasteiger partial charge is 0.194 e. The molecule has 0 radical (unpaired) electrons. The fraction of sp³-hybridized carbons (Fsp3) is 0.538. The van der Waals surface area contributed by atoms with E-state index in [2.05, 4.69) is 36.1 Å². The highest BCUT2D eigenvalue weighted by Gasteiger charge is 2.52. The van der Waals surface area contributed by atoms with Gasteiger partial charge in [0.05, 0.1) is 6.04 Å². The maximum absolute atomic E-state index is 5.87. The van der Waals surface area contributed by atoms with Crippen LogP contribution in [0.5, 0.6) is 0 Å². The van der Waals surface area contributed by atoms with Crippen LogP contribution in [0.15, 0.2) is 29.4 Å². The van der Waals surface area contributed by atoms with Gasteiger partial charge in [-0.2, -0.15) is 0 Å². The summed E-state index contributed by atoms with van der Waals surface area (Å²) in [7, 11) is 0. The predicted octanol–water partition coefficient (Wildman–Crippen LogP) is 2.24. The Bertz CT molecular complexity index is 413. The first-order valence-corrected chi connectivity index (χ1v) is 6.03. The van der Waals surface area contributed by atoms with Crippen molar-refractivity contribution in [3.8, 4) is 0 Å². The molecule has 1 aliphatic carbocycles. The largest absolute Gasteiger partial charge is 0.370 e. The first kappa shape index (κ1) is 11.9. The molecular formula is C13H20N4. The lowest BCUT2D eigenvalue weighted by Gasteiger charge is -2.13. The van der Waals surface area contributed by atoms with Crippen LogP contribution in [0.3, 0.4) is 0 Å². The second-order valence-corrected chi connectivity index (χ2v) is 5.23. The Balaban J connectivity index is 1.96. The number of pyridine rings is 1. The molecule has 4 nitrogen and oxygen atoms in total. The summed E-state index contributed by atoms with van der Waals surface area (Å²) in [6.07, 6.45) is 2.85. The van der Waals surface area contributed by atoms with Crippen LogP contribution in [0.1, 0.15) is 27.2 Å². The number of hydrogen-bond donors (Lipinski definition) is 2. The molecule has 0 saturated heterocycles. The lowest BCUT2D eigenvalue weighted by atomic mass is 9.94. The molecule has 1 heterocycles. The highest BCUT2D eigenvalue weighted by atomic mass is 15.2. The fourth-order valence-corrected chi connectivity index (χ4v) is 1.94. The third-order valence-electron chi connectivity index (χ3n) is 3.77. The van der Waals surface area contributed by atoms with Crippen molar-refractivity contribution in [1.29, 1.82) is 0 Å². The normalized spacial score (nSPS) is 28.2. The molecule has 92 valence electrons. The van der Waals surface area contributed by atoms with Gasteiger partial charge in [0.15, 0.2) is 5.96 Å². The van der Waals surface area contributed by atoms with Crippen LogP contribution in [0.2, 0.25) is 0 Å². The van der Waals surface area contributed by atoms with E-state index in [0.717, 1.165) is 12.2 Å². The Hall–Kier alpha value is -1.58. The summed E-state index contributed by atoms with van der Waals surface area (Å²) in [6.45, 7) is 6.73. The van der Waals surface area contributed by atoms with Gasteiger partial charge in [-0.25, -0.2) is 9.98 Å². The standard InChI is InChI=1S/C13H20N4/c1-9(2)13(3)8-10(13)16-12(14)17-11-6-4-5-7-15-11/h4-7,9-10H,8H2,1-3H3,(H3,14,15,16,17). The first-order chi connectivity index (χ1) is 8.02. The van der Waals surface area contributed by atoms with Gasteiger partial charge in [-0.05, 0) is 29.9 Å². The second kappa shape index (κ2) is 4.35. The lowest BCUT2D eigenvalue weighted by Crippen LogP contribution is -2.24. The van der Waals surface area contributed by atoms with E-state index in [1.54, 1.807) is 6.20 Å². The summed E-state index contributed by atoms with van der Waals surface area (Å²) in [5.41, 5.74) is 6.18. The van der Waals surface area contributed by atoms with Crippen LogP contribution < -0.4 is 11.1 Å². The summed E-state index contributed by atoms with van der Waals surface area (Å²) < 4.78 is 0. The zero-order valence-electron chi connectivity index (χ0n) is 10.6. The molecule has 3 N–H and O–H groups in total. The number of nitrogens with one attached hydrogen (secondary N) is 1. The fourth-order valence-electron chi connectivity index (χ4n) is 1.94. The minimum absolute atomic E-state index is 0.316. The molecule has 2 atom stereocenters. The van der Waals surface area contributed by atoms with Crippen molar-refractivity contribution in [3.63, 3.8) is 0 Å². The highest BCUT2D eigenvalue weighted by molar-refractivity contribution is 5.91. The van der Waals surface area contributed by atoms with Gasteiger partial charge in [-0.1, -0.05) is 26.8 Å². The first-order valence-electron chi connectivity index (χ1n) is 6.03. The molecular weight excluding hydrogens is 212 g/mol. The monoisotopic (exact) mass is 232 g/mol. The minimum Gasteiger partial charge on any atom is -0.370 e. The van der Waals surface area contributed by atoms with Crippen molar-refractivity contribution < 1.29 is 0 Å². The van der Waals surface area contributed by atoms with Crippen LogP contribution in [0, 0.1) is 11.3 Å². The number of anilines is 1. The van der Waals surface area contributed by atoms with E-state index in [4.69, 9.17) is 5.73 Å². The molecule has 17 heavy (non-hydrogen) atoms. The number of aliphatic imine (C=N–C) groups is 1. The van der Waals surface area contributed by atoms with Gasteiger partial charge >= 0.3 is 0 Å². The number of nitrogens with zero attached hydrogens (tertiary/aromatic N) is 2. The summed E-state index contributed by atoms with van der Waals surface area (Å²) in [4.78, 5) is 8.65. The molecule has 0 spiro atoms. The number of aromatic nitrogens is 1. The van der Waals surface area contributed by atoms with E-state index in [9.17, 15) is 0 Å². The Morgan fingerprint density at radius 3 is 2.88 bits per heavy atom. The van der Waals surface area contributed by atoms with Gasteiger partial charge in [-0.3, -0.25) is 0 Å². The molecule has 0 bridgehead atoms. The van der Waals surface area contributed by atoms with E-state index < -0.39 is 0 Å². The maximum Gasteiger partial charge on any atom is 0.194 e. The Labute approximate surface area is 102 Å². The Morgan fingerprint density at radius 2 is 2.35 bits per heavy atom. The van der Waals surface area contributed by atoms with E-state index in [-0.39, 0.29) is 0 Å². The van der Waals surface area contributed by atoms with E-state index in [1.807, 2.05) is 18.2 Å². The number of rotatable bonds is 3. The van der Waals surface area contributed by atoms with Gasteiger partial charge in [0.25, 0.3) is 0 Å². The van der Waals surface area contributed by atoms with E-state index in [1.165, 1.54) is 0 Å². The average molecular weight is 232 g/mol. The lowest BCUT2D eigenvalue weighted by molar-refractivity contribution is 0.383. The topological polar surface area (TPSA) is 63.3 Å². The van der Waals surface area contributed by atoms with E-state index in [0.29, 0.717) is 23.3 Å². The zero-order valence-corrected chi connectivity index (χ0v) is 10.6. The van der Waals surface area contributed by atoms with Gasteiger partial charge in [0, 0.05) is 6.20 Å². The third-order valence-corrected chi connectivity index (χ3v) is 3.77. The van der Waals surface area contributed by atoms with Crippen LogP contribution in [-0.2, 0) is 0 Å². The summed E-state index contributed by atoms with van der Waals surface area (Å²) in [6, 6.07) is 6.00. The maximum atomic E-state index is 5.87. The zero-order chi connectivity index (χ0) is 12.5. The third kappa shape index (κ3) is 2.57. The summed E-state index contributed by atoms with van der Waals surface area (Å²) in [5.74, 6) is 1.83. The van der Waals surface area contributed by atoms with Crippen molar-refractivity contribution in [1.82, 2.24) is 4.98 Å². The van der Waals surface area contributed by atoms with Crippen LogP contribution >= 0.6 is 0 Å². The Kier molecular flexibility index (Phi) is 3.05. The molecule has 0 aliphatic heterocycles. The number of nitrogens with two attached hydrogens (primary N) is 1. The minimum atomic E-state index is 0.316. The van der Waals surface area contributed by atoms with Crippen LogP contribution in [-0.4, -0.2) is 17.0 Å². The van der Waals surface area contributed by atoms with Crippen molar-refractivity contribution >= 4 is 11.8 Å². The summed E-state index contributed by atoms with van der Waals surface area (Å²) in [5, 5.41) is 3.01.